The van der Waals surface area contributed by atoms with Crippen LogP contribution in [0.5, 0.6) is 0 Å². The second kappa shape index (κ2) is 9.28. The summed E-state index contributed by atoms with van der Waals surface area (Å²) in [7, 11) is 0. The van der Waals surface area contributed by atoms with Crippen molar-refractivity contribution in [3.8, 4) is 0 Å². The summed E-state index contributed by atoms with van der Waals surface area (Å²) in [4.78, 5) is 29.3. The van der Waals surface area contributed by atoms with Crippen molar-refractivity contribution in [3.05, 3.63) is 30.1 Å². The molecule has 1 atom stereocenters. The van der Waals surface area contributed by atoms with Gasteiger partial charge in [-0.15, -0.1) is 0 Å². The van der Waals surface area contributed by atoms with Gasteiger partial charge in [-0.05, 0) is 38.0 Å². The number of hydrogen-bond donors (Lipinski definition) is 2. The van der Waals surface area contributed by atoms with Crippen molar-refractivity contribution < 1.29 is 14.0 Å². The van der Waals surface area contributed by atoms with E-state index in [1.54, 1.807) is 12.1 Å². The number of anilines is 1. The van der Waals surface area contributed by atoms with Crippen LogP contribution in [0, 0.1) is 11.2 Å². The number of hydrogen-bond acceptors (Lipinski definition) is 4. The van der Waals surface area contributed by atoms with Crippen LogP contribution in [0.1, 0.15) is 33.6 Å². The first kappa shape index (κ1) is 21.3. The third-order valence-corrected chi connectivity index (χ3v) is 5.82. The van der Waals surface area contributed by atoms with Crippen LogP contribution in [-0.4, -0.2) is 60.4 Å². The molecule has 7 heteroatoms. The van der Waals surface area contributed by atoms with E-state index in [4.69, 9.17) is 5.73 Å². The average molecular weight is 378 g/mol. The molecule has 2 amide bonds. The highest BCUT2D eigenvalue weighted by atomic mass is 19.1. The van der Waals surface area contributed by atoms with Gasteiger partial charge in [0.1, 0.15) is 5.82 Å². The van der Waals surface area contributed by atoms with Gasteiger partial charge in [-0.25, -0.2) is 4.39 Å². The zero-order valence-electron chi connectivity index (χ0n) is 16.5. The number of nitrogens with one attached hydrogen (secondary N) is 1. The van der Waals surface area contributed by atoms with Gasteiger partial charge in [0.25, 0.3) is 0 Å². The fourth-order valence-corrected chi connectivity index (χ4v) is 3.55. The van der Waals surface area contributed by atoms with Crippen LogP contribution in [0.15, 0.2) is 24.3 Å². The molecule has 6 nitrogen and oxygen atoms in total. The molecule has 0 aliphatic carbocycles. The Morgan fingerprint density at radius 3 is 2.37 bits per heavy atom. The van der Waals surface area contributed by atoms with Crippen LogP contribution in [0.3, 0.4) is 0 Å². The van der Waals surface area contributed by atoms with Crippen LogP contribution in [0.4, 0.5) is 10.1 Å². The minimum absolute atomic E-state index is 0.117. The molecule has 2 rings (SSSR count). The Morgan fingerprint density at radius 1 is 1.22 bits per heavy atom. The summed E-state index contributed by atoms with van der Waals surface area (Å²) in [6, 6.07) is 5.49. The zero-order chi connectivity index (χ0) is 20.0. The first-order valence-corrected chi connectivity index (χ1v) is 9.66. The van der Waals surface area contributed by atoms with Gasteiger partial charge < -0.3 is 16.0 Å². The molecule has 1 aliphatic rings. The minimum Gasteiger partial charge on any atom is -0.340 e. The molecule has 3 N–H and O–H groups in total. The minimum atomic E-state index is -0.484. The number of amides is 2. The van der Waals surface area contributed by atoms with Gasteiger partial charge in [-0.1, -0.05) is 19.9 Å². The highest BCUT2D eigenvalue weighted by Gasteiger charge is 2.38. The molecule has 1 aliphatic heterocycles. The van der Waals surface area contributed by atoms with Crippen molar-refractivity contribution in [2.75, 3.05) is 38.0 Å². The lowest BCUT2D eigenvalue weighted by atomic mass is 9.80. The molecule has 1 fully saturated rings. The van der Waals surface area contributed by atoms with Gasteiger partial charge in [0, 0.05) is 38.4 Å². The fourth-order valence-electron chi connectivity index (χ4n) is 3.55. The quantitative estimate of drug-likeness (QED) is 0.761. The van der Waals surface area contributed by atoms with E-state index < -0.39 is 5.41 Å². The lowest BCUT2D eigenvalue weighted by Crippen LogP contribution is -2.57. The van der Waals surface area contributed by atoms with E-state index in [-0.39, 0.29) is 23.7 Å². The molecule has 1 aromatic carbocycles. The van der Waals surface area contributed by atoms with E-state index in [0.29, 0.717) is 38.4 Å². The van der Waals surface area contributed by atoms with E-state index in [9.17, 15) is 14.0 Å². The summed E-state index contributed by atoms with van der Waals surface area (Å²) >= 11 is 0. The molecule has 1 saturated heterocycles. The summed E-state index contributed by atoms with van der Waals surface area (Å²) in [5, 5.41) is 2.75. The second-order valence-electron chi connectivity index (χ2n) is 7.20. The third-order valence-electron chi connectivity index (χ3n) is 5.82. The maximum absolute atomic E-state index is 13.3. The average Bonchev–Trinajstić information content (AvgIpc) is 2.69. The van der Waals surface area contributed by atoms with Crippen molar-refractivity contribution in [1.29, 1.82) is 0 Å². The molecule has 0 radical (unpaired) electrons. The number of benzene rings is 1. The van der Waals surface area contributed by atoms with Crippen molar-refractivity contribution in [1.82, 2.24) is 9.80 Å². The number of halogens is 1. The lowest BCUT2D eigenvalue weighted by Gasteiger charge is -2.41. The van der Waals surface area contributed by atoms with Gasteiger partial charge in [-0.2, -0.15) is 0 Å². The van der Waals surface area contributed by atoms with Crippen LogP contribution < -0.4 is 11.1 Å². The number of rotatable bonds is 7. The van der Waals surface area contributed by atoms with Crippen molar-refractivity contribution in [2.24, 2.45) is 11.1 Å². The third kappa shape index (κ3) is 4.84. The van der Waals surface area contributed by atoms with E-state index in [2.05, 4.69) is 5.32 Å². The predicted molar refractivity (Wildman–Crippen MR) is 105 cm³/mol. The van der Waals surface area contributed by atoms with Crippen molar-refractivity contribution in [2.45, 2.75) is 39.7 Å². The smallest absolute Gasteiger partial charge is 0.241 e. The summed E-state index contributed by atoms with van der Waals surface area (Å²) in [6.45, 7) is 8.60. The van der Waals surface area contributed by atoms with Crippen molar-refractivity contribution in [3.63, 3.8) is 0 Å². The molecular formula is C20H31FN4O2. The molecule has 27 heavy (non-hydrogen) atoms. The number of nitrogens with two attached hydrogens (primary N) is 1. The summed E-state index contributed by atoms with van der Waals surface area (Å²) in [5.41, 5.74) is 5.86. The number of nitrogens with zero attached hydrogens (tertiary/aromatic N) is 2. The normalized spacial score (nSPS) is 16.9. The molecule has 0 saturated carbocycles. The van der Waals surface area contributed by atoms with E-state index in [0.717, 1.165) is 12.8 Å². The maximum Gasteiger partial charge on any atom is 0.241 e. The molecule has 0 spiro atoms. The number of piperazine rings is 1. The molecule has 1 heterocycles. The van der Waals surface area contributed by atoms with Gasteiger partial charge >= 0.3 is 0 Å². The molecular weight excluding hydrogens is 347 g/mol. The summed E-state index contributed by atoms with van der Waals surface area (Å²) < 4.78 is 13.3. The molecule has 1 unspecified atom stereocenters. The standard InChI is InChI=1S/C20H31FN4O2/c1-4-20(5-2,14-22)19(27)25-11-9-24(10-12-25)15(3)18(26)23-17-8-6-7-16(21)13-17/h6-8,13,15H,4-5,9-12,14,22H2,1-3H3,(H,23,26). The molecule has 1 aromatic rings. The SMILES string of the molecule is CCC(CC)(CN)C(=O)N1CCN(C(C)C(=O)Nc2cccc(F)c2)CC1. The largest absolute Gasteiger partial charge is 0.340 e. The summed E-state index contributed by atoms with van der Waals surface area (Å²) in [5.74, 6) is -0.451. The first-order valence-electron chi connectivity index (χ1n) is 9.66. The first-order chi connectivity index (χ1) is 12.9. The van der Waals surface area contributed by atoms with Gasteiger partial charge in [0.2, 0.25) is 11.8 Å². The van der Waals surface area contributed by atoms with Gasteiger partial charge in [-0.3, -0.25) is 14.5 Å². The van der Waals surface area contributed by atoms with Crippen LogP contribution >= 0.6 is 0 Å². The highest BCUT2D eigenvalue weighted by molar-refractivity contribution is 5.94. The summed E-state index contributed by atoms with van der Waals surface area (Å²) in [6.07, 6.45) is 1.46. The zero-order valence-corrected chi connectivity index (χ0v) is 16.5. The van der Waals surface area contributed by atoms with E-state index in [1.165, 1.54) is 12.1 Å². The second-order valence-corrected chi connectivity index (χ2v) is 7.20. The van der Waals surface area contributed by atoms with E-state index in [1.807, 2.05) is 30.6 Å². The Balaban J connectivity index is 1.92. The Kier molecular flexibility index (Phi) is 7.33. The molecule has 0 aromatic heterocycles. The van der Waals surface area contributed by atoms with Gasteiger partial charge in [0.15, 0.2) is 0 Å². The Hall–Kier alpha value is -1.99. The predicted octanol–water partition coefficient (Wildman–Crippen LogP) is 2.06. The Bertz CT molecular complexity index is 647. The monoisotopic (exact) mass is 378 g/mol. The van der Waals surface area contributed by atoms with E-state index >= 15 is 0 Å². The Morgan fingerprint density at radius 2 is 1.85 bits per heavy atom. The van der Waals surface area contributed by atoms with Crippen LogP contribution in [0.2, 0.25) is 0 Å². The van der Waals surface area contributed by atoms with Crippen LogP contribution in [0.25, 0.3) is 0 Å². The number of carbonyl (C=O) groups is 2. The number of carbonyl (C=O) groups excluding carboxylic acids is 2. The maximum atomic E-state index is 13.3. The lowest BCUT2D eigenvalue weighted by molar-refractivity contribution is -0.144. The molecule has 0 bridgehead atoms. The fraction of sp³-hybridized carbons (Fsp3) is 0.600. The highest BCUT2D eigenvalue weighted by Crippen LogP contribution is 2.28. The van der Waals surface area contributed by atoms with Gasteiger partial charge in [0.05, 0.1) is 11.5 Å². The van der Waals surface area contributed by atoms with Crippen molar-refractivity contribution >= 4 is 17.5 Å². The Labute approximate surface area is 160 Å². The molecule has 150 valence electrons. The van der Waals surface area contributed by atoms with Crippen LogP contribution in [-0.2, 0) is 9.59 Å². The topological polar surface area (TPSA) is 78.7 Å².